The molecule has 0 spiro atoms. The maximum absolute atomic E-state index is 12.1. The predicted octanol–water partition coefficient (Wildman–Crippen LogP) is 0.856. The van der Waals surface area contributed by atoms with Crippen LogP contribution in [0.3, 0.4) is 0 Å². The van der Waals surface area contributed by atoms with Crippen LogP contribution in [0.2, 0.25) is 0 Å². The Kier molecular flexibility index (Phi) is 4.04. The van der Waals surface area contributed by atoms with Crippen LogP contribution in [0, 0.1) is 0 Å². The third-order valence-corrected chi connectivity index (χ3v) is 4.97. The SMILES string of the molecule is CS(=O)(=O)N1CCCN(C(=O)c2ccsc2)CC1. The molecule has 2 heterocycles. The molecule has 0 N–H and O–H groups in total. The summed E-state index contributed by atoms with van der Waals surface area (Å²) in [5.74, 6) is -0.00778. The Morgan fingerprint density at radius 2 is 2.06 bits per heavy atom. The Balaban J connectivity index is 2.04. The minimum atomic E-state index is -3.15. The number of thiophene rings is 1. The lowest BCUT2D eigenvalue weighted by molar-refractivity contribution is 0.0765. The number of carbonyl (C=O) groups excluding carboxylic acids is 1. The Labute approximate surface area is 111 Å². The quantitative estimate of drug-likeness (QED) is 0.811. The van der Waals surface area contributed by atoms with E-state index in [2.05, 4.69) is 0 Å². The van der Waals surface area contributed by atoms with Gasteiger partial charge in [0.15, 0.2) is 0 Å². The van der Waals surface area contributed by atoms with E-state index in [1.165, 1.54) is 21.9 Å². The van der Waals surface area contributed by atoms with Gasteiger partial charge in [-0.15, -0.1) is 0 Å². The van der Waals surface area contributed by atoms with Gasteiger partial charge in [0.25, 0.3) is 5.91 Å². The van der Waals surface area contributed by atoms with Crippen molar-refractivity contribution in [2.24, 2.45) is 0 Å². The molecule has 7 heteroatoms. The molecule has 0 saturated carbocycles. The van der Waals surface area contributed by atoms with Crippen LogP contribution >= 0.6 is 11.3 Å². The molecule has 0 radical (unpaired) electrons. The molecule has 1 saturated heterocycles. The van der Waals surface area contributed by atoms with E-state index >= 15 is 0 Å². The van der Waals surface area contributed by atoms with Gasteiger partial charge in [0.05, 0.1) is 11.8 Å². The summed E-state index contributed by atoms with van der Waals surface area (Å²) in [5.41, 5.74) is 0.688. The molecule has 1 aliphatic heterocycles. The molecule has 1 aromatic heterocycles. The Hall–Kier alpha value is -0.920. The van der Waals surface area contributed by atoms with Crippen LogP contribution in [-0.4, -0.2) is 56.0 Å². The summed E-state index contributed by atoms with van der Waals surface area (Å²) in [4.78, 5) is 13.9. The highest BCUT2D eigenvalue weighted by atomic mass is 32.2. The third kappa shape index (κ3) is 3.09. The third-order valence-electron chi connectivity index (χ3n) is 2.98. The van der Waals surface area contributed by atoms with Crippen molar-refractivity contribution in [1.82, 2.24) is 9.21 Å². The van der Waals surface area contributed by atoms with Gasteiger partial charge in [0.2, 0.25) is 10.0 Å². The summed E-state index contributed by atoms with van der Waals surface area (Å²) in [6, 6.07) is 1.80. The molecule has 100 valence electrons. The van der Waals surface area contributed by atoms with Gasteiger partial charge < -0.3 is 4.90 Å². The minimum Gasteiger partial charge on any atom is -0.337 e. The molecule has 0 aromatic carbocycles. The van der Waals surface area contributed by atoms with Crippen LogP contribution in [0.4, 0.5) is 0 Å². The first-order valence-electron chi connectivity index (χ1n) is 5.75. The van der Waals surface area contributed by atoms with Gasteiger partial charge in [-0.05, 0) is 17.9 Å². The van der Waals surface area contributed by atoms with E-state index in [4.69, 9.17) is 0 Å². The molecular formula is C11H16N2O3S2. The van der Waals surface area contributed by atoms with Crippen LogP contribution in [0.15, 0.2) is 16.8 Å². The standard InChI is InChI=1S/C11H16N2O3S2/c1-18(15,16)13-5-2-4-12(6-7-13)11(14)10-3-8-17-9-10/h3,8-9H,2,4-7H2,1H3. The maximum Gasteiger partial charge on any atom is 0.254 e. The number of nitrogens with zero attached hydrogens (tertiary/aromatic N) is 2. The second-order valence-electron chi connectivity index (χ2n) is 4.32. The van der Waals surface area contributed by atoms with Gasteiger partial charge in [0.1, 0.15) is 0 Å². The molecule has 1 aromatic rings. The molecule has 1 aliphatic rings. The summed E-state index contributed by atoms with van der Waals surface area (Å²) in [6.07, 6.45) is 1.90. The highest BCUT2D eigenvalue weighted by Crippen LogP contribution is 2.13. The zero-order valence-corrected chi connectivity index (χ0v) is 11.8. The second kappa shape index (κ2) is 5.38. The molecule has 0 aliphatic carbocycles. The van der Waals surface area contributed by atoms with Crippen molar-refractivity contribution in [2.45, 2.75) is 6.42 Å². The van der Waals surface area contributed by atoms with Gasteiger partial charge >= 0.3 is 0 Å². The lowest BCUT2D eigenvalue weighted by Crippen LogP contribution is -2.36. The van der Waals surface area contributed by atoms with Crippen molar-refractivity contribution in [1.29, 1.82) is 0 Å². The Morgan fingerprint density at radius 1 is 1.28 bits per heavy atom. The monoisotopic (exact) mass is 288 g/mol. The number of sulfonamides is 1. The van der Waals surface area contributed by atoms with Crippen LogP contribution < -0.4 is 0 Å². The van der Waals surface area contributed by atoms with Crippen molar-refractivity contribution in [3.8, 4) is 0 Å². The first kappa shape index (κ1) is 13.5. The fourth-order valence-corrected chi connectivity index (χ4v) is 3.50. The average Bonchev–Trinajstić information content (AvgIpc) is 2.70. The lowest BCUT2D eigenvalue weighted by atomic mass is 10.3. The van der Waals surface area contributed by atoms with Crippen molar-refractivity contribution in [3.05, 3.63) is 22.4 Å². The number of hydrogen-bond acceptors (Lipinski definition) is 4. The molecule has 0 unspecified atom stereocenters. The Morgan fingerprint density at radius 3 is 2.67 bits per heavy atom. The number of amides is 1. The predicted molar refractivity (Wildman–Crippen MR) is 71.3 cm³/mol. The van der Waals surface area contributed by atoms with Gasteiger partial charge in [-0.3, -0.25) is 4.79 Å². The number of hydrogen-bond donors (Lipinski definition) is 0. The van der Waals surface area contributed by atoms with Crippen molar-refractivity contribution in [2.75, 3.05) is 32.4 Å². The van der Waals surface area contributed by atoms with Gasteiger partial charge in [0, 0.05) is 31.6 Å². The van der Waals surface area contributed by atoms with E-state index in [-0.39, 0.29) is 5.91 Å². The molecule has 18 heavy (non-hydrogen) atoms. The highest BCUT2D eigenvalue weighted by Gasteiger charge is 2.24. The summed E-state index contributed by atoms with van der Waals surface area (Å²) in [7, 11) is -3.15. The van der Waals surface area contributed by atoms with Crippen LogP contribution in [0.1, 0.15) is 16.8 Å². The van der Waals surface area contributed by atoms with Gasteiger partial charge in [-0.25, -0.2) is 12.7 Å². The summed E-state index contributed by atoms with van der Waals surface area (Å²) in [6.45, 7) is 1.95. The molecular weight excluding hydrogens is 272 g/mol. The molecule has 2 rings (SSSR count). The average molecular weight is 288 g/mol. The van der Waals surface area contributed by atoms with E-state index in [9.17, 15) is 13.2 Å². The van der Waals surface area contributed by atoms with E-state index < -0.39 is 10.0 Å². The van der Waals surface area contributed by atoms with Gasteiger partial charge in [-0.1, -0.05) is 0 Å². The summed E-state index contributed by atoms with van der Waals surface area (Å²) >= 11 is 1.49. The largest absolute Gasteiger partial charge is 0.337 e. The highest BCUT2D eigenvalue weighted by molar-refractivity contribution is 7.88. The zero-order valence-electron chi connectivity index (χ0n) is 10.2. The van der Waals surface area contributed by atoms with Crippen LogP contribution in [0.25, 0.3) is 0 Å². The first-order chi connectivity index (χ1) is 8.48. The normalized spacial score (nSPS) is 18.6. The smallest absolute Gasteiger partial charge is 0.254 e. The van der Waals surface area contributed by atoms with Crippen molar-refractivity contribution >= 4 is 27.3 Å². The van der Waals surface area contributed by atoms with Crippen LogP contribution in [0.5, 0.6) is 0 Å². The molecule has 1 amide bonds. The topological polar surface area (TPSA) is 57.7 Å². The molecule has 0 atom stereocenters. The molecule has 5 nitrogen and oxygen atoms in total. The number of rotatable bonds is 2. The molecule has 0 bridgehead atoms. The van der Waals surface area contributed by atoms with E-state index in [0.29, 0.717) is 38.2 Å². The summed E-state index contributed by atoms with van der Waals surface area (Å²) < 4.78 is 24.4. The minimum absolute atomic E-state index is 0.00778. The molecule has 1 fully saturated rings. The van der Waals surface area contributed by atoms with E-state index in [1.54, 1.807) is 11.0 Å². The Bertz CT molecular complexity index is 510. The van der Waals surface area contributed by atoms with Crippen LogP contribution in [-0.2, 0) is 10.0 Å². The lowest BCUT2D eigenvalue weighted by Gasteiger charge is -2.20. The van der Waals surface area contributed by atoms with E-state index in [1.807, 2.05) is 10.8 Å². The summed E-state index contributed by atoms with van der Waals surface area (Å²) in [5, 5.41) is 3.69. The number of carbonyl (C=O) groups is 1. The van der Waals surface area contributed by atoms with Crippen molar-refractivity contribution in [3.63, 3.8) is 0 Å². The fourth-order valence-electron chi connectivity index (χ4n) is 2.00. The first-order valence-corrected chi connectivity index (χ1v) is 8.54. The maximum atomic E-state index is 12.1. The second-order valence-corrected chi connectivity index (χ2v) is 7.08. The fraction of sp³-hybridized carbons (Fsp3) is 0.545. The van der Waals surface area contributed by atoms with E-state index in [0.717, 1.165) is 0 Å². The zero-order chi connectivity index (χ0) is 13.2. The van der Waals surface area contributed by atoms with Gasteiger partial charge in [-0.2, -0.15) is 11.3 Å². The van der Waals surface area contributed by atoms with Crippen molar-refractivity contribution < 1.29 is 13.2 Å².